The molecule has 162 valence electrons. The zero-order valence-electron chi connectivity index (χ0n) is 17.0. The highest BCUT2D eigenvalue weighted by atomic mass is 35.5. The average molecular weight is 468 g/mol. The number of hydrogen-bond acceptors (Lipinski definition) is 5. The third-order valence-corrected chi connectivity index (χ3v) is 7.03. The molecular weight excluding hydrogens is 449 g/mol. The highest BCUT2D eigenvalue weighted by molar-refractivity contribution is 7.98. The maximum absolute atomic E-state index is 14.0. The summed E-state index contributed by atoms with van der Waals surface area (Å²) in [6.07, 6.45) is 1.83. The van der Waals surface area contributed by atoms with Crippen molar-refractivity contribution in [2.75, 3.05) is 5.32 Å². The highest BCUT2D eigenvalue weighted by Crippen LogP contribution is 2.43. The Morgan fingerprint density at radius 3 is 2.78 bits per heavy atom. The van der Waals surface area contributed by atoms with E-state index in [9.17, 15) is 14.0 Å². The van der Waals surface area contributed by atoms with E-state index in [-0.39, 0.29) is 11.3 Å². The number of rotatable bonds is 4. The van der Waals surface area contributed by atoms with E-state index < -0.39 is 11.7 Å². The number of aromatic amines is 1. The minimum Gasteiger partial charge on any atom is -0.343 e. The molecular formula is C24H19ClFN3O2S. The molecule has 0 spiro atoms. The molecule has 2 heterocycles. The molecule has 0 saturated carbocycles. The smallest absolute Gasteiger partial charge is 0.257 e. The van der Waals surface area contributed by atoms with Gasteiger partial charge in [-0.15, -0.1) is 0 Å². The predicted molar refractivity (Wildman–Crippen MR) is 124 cm³/mol. The second-order valence-corrected chi connectivity index (χ2v) is 9.17. The first-order valence-corrected chi connectivity index (χ1v) is 11.7. The number of nitrogens with one attached hydrogen (secondary N) is 2. The molecule has 1 aliphatic heterocycles. The van der Waals surface area contributed by atoms with Crippen LogP contribution in [0.15, 0.2) is 69.8 Å². The SMILES string of the molecule is O=C1CCCC2=C1[C@@H](c1cccc(F)c1)c1c(nc(SCc3ccccc3Cl)[nH]c1=O)N2. The van der Waals surface area contributed by atoms with Gasteiger partial charge in [-0.3, -0.25) is 9.59 Å². The number of allylic oxidation sites excluding steroid dienone is 2. The molecule has 5 rings (SSSR count). The van der Waals surface area contributed by atoms with Crippen LogP contribution in [0.2, 0.25) is 5.02 Å². The fraction of sp³-hybridized carbons (Fsp3) is 0.208. The van der Waals surface area contributed by atoms with Gasteiger partial charge in [-0.05, 0) is 42.2 Å². The molecule has 0 unspecified atom stereocenters. The minimum absolute atomic E-state index is 0.0183. The summed E-state index contributed by atoms with van der Waals surface area (Å²) in [4.78, 5) is 33.5. The Bertz CT molecular complexity index is 1320. The van der Waals surface area contributed by atoms with Crippen molar-refractivity contribution in [2.45, 2.75) is 36.1 Å². The van der Waals surface area contributed by atoms with Gasteiger partial charge in [0, 0.05) is 34.4 Å². The minimum atomic E-state index is -0.649. The van der Waals surface area contributed by atoms with Gasteiger partial charge in [-0.1, -0.05) is 53.7 Å². The number of hydrogen-bond donors (Lipinski definition) is 2. The van der Waals surface area contributed by atoms with E-state index in [2.05, 4.69) is 15.3 Å². The highest BCUT2D eigenvalue weighted by Gasteiger charge is 2.37. The molecule has 0 saturated heterocycles. The second-order valence-electron chi connectivity index (χ2n) is 7.80. The summed E-state index contributed by atoms with van der Waals surface area (Å²) in [7, 11) is 0. The van der Waals surface area contributed by atoms with Crippen molar-refractivity contribution in [2.24, 2.45) is 0 Å². The lowest BCUT2D eigenvalue weighted by atomic mass is 9.76. The molecule has 2 aromatic carbocycles. The summed E-state index contributed by atoms with van der Waals surface area (Å²) in [5.74, 6) is -0.123. The number of carbonyl (C=O) groups is 1. The van der Waals surface area contributed by atoms with E-state index in [4.69, 9.17) is 11.6 Å². The van der Waals surface area contributed by atoms with Gasteiger partial charge >= 0.3 is 0 Å². The summed E-state index contributed by atoms with van der Waals surface area (Å²) in [6, 6.07) is 13.6. The summed E-state index contributed by atoms with van der Waals surface area (Å²) in [6.45, 7) is 0. The van der Waals surface area contributed by atoms with Gasteiger partial charge in [0.25, 0.3) is 5.56 Å². The van der Waals surface area contributed by atoms with Crippen LogP contribution in [0.25, 0.3) is 0 Å². The van der Waals surface area contributed by atoms with Crippen LogP contribution in [0.1, 0.15) is 41.9 Å². The lowest BCUT2D eigenvalue weighted by molar-refractivity contribution is -0.116. The van der Waals surface area contributed by atoms with E-state index in [1.807, 2.05) is 24.3 Å². The number of thioether (sulfide) groups is 1. The maximum Gasteiger partial charge on any atom is 0.257 e. The van der Waals surface area contributed by atoms with Crippen molar-refractivity contribution >= 4 is 35.0 Å². The van der Waals surface area contributed by atoms with Crippen molar-refractivity contribution in [3.05, 3.63) is 97.7 Å². The fourth-order valence-electron chi connectivity index (χ4n) is 4.29. The molecule has 0 fully saturated rings. The van der Waals surface area contributed by atoms with Gasteiger partial charge in [-0.2, -0.15) is 0 Å². The van der Waals surface area contributed by atoms with Crippen molar-refractivity contribution in [3.63, 3.8) is 0 Å². The Labute approximate surface area is 193 Å². The van der Waals surface area contributed by atoms with Gasteiger partial charge in [-0.25, -0.2) is 9.37 Å². The Hall–Kier alpha value is -2.90. The average Bonchev–Trinajstić information content (AvgIpc) is 2.77. The molecule has 3 aromatic rings. The van der Waals surface area contributed by atoms with Gasteiger partial charge in [0.05, 0.1) is 5.56 Å². The fourth-order valence-corrected chi connectivity index (χ4v) is 5.44. The normalized spacial score (nSPS) is 17.6. The topological polar surface area (TPSA) is 74.8 Å². The van der Waals surface area contributed by atoms with Gasteiger partial charge in [0.1, 0.15) is 11.6 Å². The Morgan fingerprint density at radius 1 is 1.12 bits per heavy atom. The van der Waals surface area contributed by atoms with Crippen molar-refractivity contribution < 1.29 is 9.18 Å². The maximum atomic E-state index is 14.0. The van der Waals surface area contributed by atoms with Crippen molar-refractivity contribution in [3.8, 4) is 0 Å². The van der Waals surface area contributed by atoms with Crippen LogP contribution in [0.5, 0.6) is 0 Å². The van der Waals surface area contributed by atoms with Crippen LogP contribution in [-0.4, -0.2) is 15.8 Å². The quantitative estimate of drug-likeness (QED) is 0.396. The van der Waals surface area contributed by atoms with Gasteiger partial charge < -0.3 is 10.3 Å². The van der Waals surface area contributed by atoms with E-state index in [1.54, 1.807) is 12.1 Å². The monoisotopic (exact) mass is 467 g/mol. The number of benzene rings is 2. The number of ketones is 1. The molecule has 1 aromatic heterocycles. The first kappa shape index (κ1) is 21.0. The van der Waals surface area contributed by atoms with Crippen LogP contribution in [0, 0.1) is 5.82 Å². The molecule has 2 N–H and O–H groups in total. The standard InChI is InChI=1S/C24H19ClFN3O2S/c25-16-8-2-1-5-14(16)12-32-24-28-22-21(23(31)29-24)19(13-6-3-7-15(26)11-13)20-17(27-22)9-4-10-18(20)30/h1-3,5-8,11,19H,4,9-10,12H2,(H2,27,28,29,31)/t19-/m1/s1. The molecule has 0 bridgehead atoms. The first-order chi connectivity index (χ1) is 15.5. The molecule has 0 radical (unpaired) electrons. The summed E-state index contributed by atoms with van der Waals surface area (Å²) in [5, 5.41) is 4.33. The predicted octanol–water partition coefficient (Wildman–Crippen LogP) is 5.42. The van der Waals surface area contributed by atoms with Crippen molar-refractivity contribution in [1.82, 2.24) is 9.97 Å². The number of anilines is 1. The number of nitrogens with zero attached hydrogens (tertiary/aromatic N) is 1. The number of carbonyl (C=O) groups excluding carboxylic acids is 1. The van der Waals surface area contributed by atoms with Crippen LogP contribution >= 0.6 is 23.4 Å². The zero-order chi connectivity index (χ0) is 22.2. The van der Waals surface area contributed by atoms with Gasteiger partial charge in [0.2, 0.25) is 0 Å². The van der Waals surface area contributed by atoms with Crippen LogP contribution in [0.4, 0.5) is 10.2 Å². The molecule has 32 heavy (non-hydrogen) atoms. The number of H-pyrrole nitrogens is 1. The van der Waals surface area contributed by atoms with E-state index in [0.717, 1.165) is 17.7 Å². The van der Waals surface area contributed by atoms with Crippen molar-refractivity contribution in [1.29, 1.82) is 0 Å². The zero-order valence-corrected chi connectivity index (χ0v) is 18.5. The summed E-state index contributed by atoms with van der Waals surface area (Å²) < 4.78 is 14.0. The third-order valence-electron chi connectivity index (χ3n) is 5.74. The first-order valence-electron chi connectivity index (χ1n) is 10.3. The lowest BCUT2D eigenvalue weighted by Crippen LogP contribution is -2.32. The van der Waals surface area contributed by atoms with Crippen LogP contribution in [-0.2, 0) is 10.5 Å². The van der Waals surface area contributed by atoms with Crippen LogP contribution in [0.3, 0.4) is 0 Å². The Kier molecular flexibility index (Phi) is 5.61. The molecule has 5 nitrogen and oxygen atoms in total. The molecule has 1 atom stereocenters. The summed E-state index contributed by atoms with van der Waals surface area (Å²) in [5.41, 5.74) is 2.81. The van der Waals surface area contributed by atoms with E-state index >= 15 is 0 Å². The Balaban J connectivity index is 1.57. The third kappa shape index (κ3) is 3.87. The van der Waals surface area contributed by atoms with Gasteiger partial charge in [0.15, 0.2) is 10.9 Å². The van der Waals surface area contributed by atoms with Crippen LogP contribution < -0.4 is 10.9 Å². The molecule has 2 aliphatic rings. The van der Waals surface area contributed by atoms with E-state index in [0.29, 0.717) is 51.3 Å². The largest absolute Gasteiger partial charge is 0.343 e. The molecule has 0 amide bonds. The Morgan fingerprint density at radius 2 is 1.97 bits per heavy atom. The number of aromatic nitrogens is 2. The number of Topliss-reactive ketones (excluding diaryl/α,β-unsaturated/α-hetero) is 1. The molecule has 1 aliphatic carbocycles. The van der Waals surface area contributed by atoms with E-state index in [1.165, 1.54) is 23.9 Å². The second kappa shape index (κ2) is 8.56. The lowest BCUT2D eigenvalue weighted by Gasteiger charge is -2.32. The number of halogens is 2. The summed E-state index contributed by atoms with van der Waals surface area (Å²) >= 11 is 7.61. The molecule has 8 heteroatoms. The number of fused-ring (bicyclic) bond motifs is 1.